The van der Waals surface area contributed by atoms with E-state index in [1.807, 2.05) is 74.5 Å². The van der Waals surface area contributed by atoms with Gasteiger partial charge in [0, 0.05) is 13.1 Å². The molecule has 6 nitrogen and oxygen atoms in total. The van der Waals surface area contributed by atoms with Crippen LogP contribution in [-0.4, -0.2) is 21.8 Å². The van der Waals surface area contributed by atoms with Gasteiger partial charge >= 0.3 is 0 Å². The smallest absolute Gasteiger partial charge is 0.295 e. The lowest BCUT2D eigenvalue weighted by atomic mass is 10.1. The van der Waals surface area contributed by atoms with Gasteiger partial charge in [-0.25, -0.2) is 4.68 Å². The highest BCUT2D eigenvalue weighted by Gasteiger charge is 2.18. The molecule has 1 atom stereocenters. The summed E-state index contributed by atoms with van der Waals surface area (Å²) < 4.78 is 3.29. The molecule has 140 valence electrons. The molecule has 0 saturated carbocycles. The van der Waals surface area contributed by atoms with E-state index in [2.05, 4.69) is 10.6 Å². The molecule has 6 heteroatoms. The van der Waals surface area contributed by atoms with Gasteiger partial charge in [-0.1, -0.05) is 48.5 Å². The van der Waals surface area contributed by atoms with Crippen molar-refractivity contribution in [2.24, 2.45) is 7.05 Å². The summed E-state index contributed by atoms with van der Waals surface area (Å²) in [6.45, 7) is 3.93. The number of benzene rings is 2. The monoisotopic (exact) mass is 364 g/mol. The second-order valence-electron chi connectivity index (χ2n) is 6.50. The van der Waals surface area contributed by atoms with Crippen molar-refractivity contribution in [3.63, 3.8) is 0 Å². The second kappa shape index (κ2) is 8.05. The quantitative estimate of drug-likeness (QED) is 0.707. The first-order valence-corrected chi connectivity index (χ1v) is 8.91. The average Bonchev–Trinajstić information content (AvgIpc) is 2.90. The van der Waals surface area contributed by atoms with Crippen LogP contribution in [0, 0.1) is 6.92 Å². The predicted molar refractivity (Wildman–Crippen MR) is 107 cm³/mol. The molecule has 0 radical (unpaired) electrons. The number of carbonyl (C=O) groups excluding carboxylic acids is 1. The number of amides is 1. The Morgan fingerprint density at radius 3 is 2.26 bits per heavy atom. The number of aromatic nitrogens is 2. The predicted octanol–water partition coefficient (Wildman–Crippen LogP) is 2.77. The highest BCUT2D eigenvalue weighted by atomic mass is 16.2. The van der Waals surface area contributed by atoms with Crippen LogP contribution in [-0.2, 0) is 11.8 Å². The molecule has 0 aliphatic carbocycles. The van der Waals surface area contributed by atoms with Gasteiger partial charge in [-0.2, -0.15) is 0 Å². The minimum absolute atomic E-state index is 0.0368. The van der Waals surface area contributed by atoms with Gasteiger partial charge in [0.05, 0.1) is 17.9 Å². The van der Waals surface area contributed by atoms with Crippen molar-refractivity contribution in [1.29, 1.82) is 0 Å². The molecular formula is C21H24N4O2. The standard InChI is InChI=1S/C21H24N4O2/c1-15(17-10-6-4-7-11-17)22-14-19(26)23-20-16(2)24(3)25(21(20)27)18-12-8-5-9-13-18/h4-13,15,22H,14H2,1-3H3,(H,23,26). The summed E-state index contributed by atoms with van der Waals surface area (Å²) in [5.41, 5.74) is 2.62. The molecule has 0 fully saturated rings. The van der Waals surface area contributed by atoms with Crippen LogP contribution in [0.5, 0.6) is 0 Å². The minimum Gasteiger partial charge on any atom is -0.319 e. The maximum absolute atomic E-state index is 12.8. The lowest BCUT2D eigenvalue weighted by Gasteiger charge is -2.13. The summed E-state index contributed by atoms with van der Waals surface area (Å²) in [6.07, 6.45) is 0. The SMILES string of the molecule is Cc1c(NC(=O)CNC(C)c2ccccc2)c(=O)n(-c2ccccc2)n1C. The Labute approximate surface area is 158 Å². The van der Waals surface area contributed by atoms with Crippen LogP contribution in [0.4, 0.5) is 5.69 Å². The van der Waals surface area contributed by atoms with E-state index in [-0.39, 0.29) is 24.1 Å². The Kier molecular flexibility index (Phi) is 5.57. The van der Waals surface area contributed by atoms with E-state index < -0.39 is 0 Å². The van der Waals surface area contributed by atoms with Crippen molar-refractivity contribution in [2.45, 2.75) is 19.9 Å². The molecular weight excluding hydrogens is 340 g/mol. The first-order valence-electron chi connectivity index (χ1n) is 8.91. The largest absolute Gasteiger partial charge is 0.319 e. The zero-order chi connectivity index (χ0) is 19.4. The van der Waals surface area contributed by atoms with E-state index >= 15 is 0 Å². The van der Waals surface area contributed by atoms with Crippen LogP contribution < -0.4 is 16.2 Å². The molecule has 1 heterocycles. The Bertz CT molecular complexity index is 975. The van der Waals surface area contributed by atoms with Crippen molar-refractivity contribution in [2.75, 3.05) is 11.9 Å². The molecule has 2 N–H and O–H groups in total. The number of rotatable bonds is 6. The fourth-order valence-corrected chi connectivity index (χ4v) is 3.00. The summed E-state index contributed by atoms with van der Waals surface area (Å²) in [5.74, 6) is -0.246. The van der Waals surface area contributed by atoms with Crippen LogP contribution >= 0.6 is 0 Å². The Hall–Kier alpha value is -3.12. The van der Waals surface area contributed by atoms with E-state index in [1.54, 1.807) is 16.4 Å². The van der Waals surface area contributed by atoms with Crippen molar-refractivity contribution in [3.05, 3.63) is 82.3 Å². The molecule has 0 saturated heterocycles. The first kappa shape index (κ1) is 18.7. The Morgan fingerprint density at radius 1 is 1.04 bits per heavy atom. The van der Waals surface area contributed by atoms with E-state index in [9.17, 15) is 9.59 Å². The van der Waals surface area contributed by atoms with Crippen molar-refractivity contribution < 1.29 is 4.79 Å². The summed E-state index contributed by atoms with van der Waals surface area (Å²) in [7, 11) is 1.80. The van der Waals surface area contributed by atoms with Crippen molar-refractivity contribution >= 4 is 11.6 Å². The molecule has 27 heavy (non-hydrogen) atoms. The van der Waals surface area contributed by atoms with Gasteiger partial charge in [0.25, 0.3) is 5.56 Å². The molecule has 0 aliphatic rings. The van der Waals surface area contributed by atoms with Gasteiger partial charge in [0.15, 0.2) is 0 Å². The molecule has 1 unspecified atom stereocenters. The number of nitrogens with one attached hydrogen (secondary N) is 2. The summed E-state index contributed by atoms with van der Waals surface area (Å²) in [4.78, 5) is 25.2. The molecule has 0 spiro atoms. The summed E-state index contributed by atoms with van der Waals surface area (Å²) in [6, 6.07) is 19.3. The lowest BCUT2D eigenvalue weighted by Crippen LogP contribution is -2.31. The third kappa shape index (κ3) is 4.01. The molecule has 0 bridgehead atoms. The normalized spacial score (nSPS) is 12.0. The van der Waals surface area contributed by atoms with E-state index in [1.165, 1.54) is 0 Å². The highest BCUT2D eigenvalue weighted by Crippen LogP contribution is 2.14. The number of anilines is 1. The third-order valence-corrected chi connectivity index (χ3v) is 4.69. The fraction of sp³-hybridized carbons (Fsp3) is 0.238. The molecule has 0 aliphatic heterocycles. The van der Waals surface area contributed by atoms with Gasteiger partial charge in [-0.05, 0) is 31.5 Å². The van der Waals surface area contributed by atoms with Gasteiger partial charge in [-0.3, -0.25) is 14.3 Å². The summed E-state index contributed by atoms with van der Waals surface area (Å²) >= 11 is 0. The van der Waals surface area contributed by atoms with E-state index in [0.29, 0.717) is 11.4 Å². The van der Waals surface area contributed by atoms with E-state index in [0.717, 1.165) is 11.3 Å². The minimum atomic E-state index is -0.246. The van der Waals surface area contributed by atoms with Gasteiger partial charge < -0.3 is 10.6 Å². The molecule has 1 aromatic heterocycles. The second-order valence-corrected chi connectivity index (χ2v) is 6.50. The number of nitrogens with zero attached hydrogens (tertiary/aromatic N) is 2. The fourth-order valence-electron chi connectivity index (χ4n) is 3.00. The third-order valence-electron chi connectivity index (χ3n) is 4.69. The average molecular weight is 364 g/mol. The summed E-state index contributed by atoms with van der Waals surface area (Å²) in [5, 5.41) is 5.94. The zero-order valence-electron chi connectivity index (χ0n) is 15.8. The molecule has 1 amide bonds. The van der Waals surface area contributed by atoms with Crippen LogP contribution in [0.3, 0.4) is 0 Å². The number of carbonyl (C=O) groups is 1. The van der Waals surface area contributed by atoms with Gasteiger partial charge in [0.1, 0.15) is 5.69 Å². The maximum atomic E-state index is 12.8. The van der Waals surface area contributed by atoms with Crippen LogP contribution in [0.25, 0.3) is 5.69 Å². The lowest BCUT2D eigenvalue weighted by molar-refractivity contribution is -0.115. The van der Waals surface area contributed by atoms with Crippen molar-refractivity contribution in [3.8, 4) is 5.69 Å². The molecule has 3 aromatic rings. The Balaban J connectivity index is 1.72. The van der Waals surface area contributed by atoms with Crippen LogP contribution in [0.15, 0.2) is 65.5 Å². The number of hydrogen-bond donors (Lipinski definition) is 2. The van der Waals surface area contributed by atoms with Gasteiger partial charge in [0.2, 0.25) is 5.91 Å². The molecule has 2 aromatic carbocycles. The van der Waals surface area contributed by atoms with Crippen molar-refractivity contribution in [1.82, 2.24) is 14.7 Å². The molecule has 3 rings (SSSR count). The zero-order valence-corrected chi connectivity index (χ0v) is 15.8. The topological polar surface area (TPSA) is 68.1 Å². The van der Waals surface area contributed by atoms with Crippen LogP contribution in [0.1, 0.15) is 24.2 Å². The highest BCUT2D eigenvalue weighted by molar-refractivity contribution is 5.92. The number of para-hydroxylation sites is 1. The number of hydrogen-bond acceptors (Lipinski definition) is 3. The first-order chi connectivity index (χ1) is 13.0. The van der Waals surface area contributed by atoms with Crippen LogP contribution in [0.2, 0.25) is 0 Å². The van der Waals surface area contributed by atoms with Gasteiger partial charge in [-0.15, -0.1) is 0 Å². The maximum Gasteiger partial charge on any atom is 0.295 e. The van der Waals surface area contributed by atoms with E-state index in [4.69, 9.17) is 0 Å². The Morgan fingerprint density at radius 2 is 1.63 bits per heavy atom.